The van der Waals surface area contributed by atoms with Gasteiger partial charge in [-0.15, -0.1) is 0 Å². The second-order valence-electron chi connectivity index (χ2n) is 4.84. The SMILES string of the molecule is Cc1cc2cc(-c3ccc(F)c(F)c3)[nH]c2cc1C. The van der Waals surface area contributed by atoms with Gasteiger partial charge in [-0.3, -0.25) is 0 Å². The Morgan fingerprint density at radius 1 is 0.842 bits per heavy atom. The highest BCUT2D eigenvalue weighted by atomic mass is 19.2. The van der Waals surface area contributed by atoms with Crippen LogP contribution in [0.5, 0.6) is 0 Å². The summed E-state index contributed by atoms with van der Waals surface area (Å²) in [6.45, 7) is 4.10. The molecule has 19 heavy (non-hydrogen) atoms. The zero-order valence-electron chi connectivity index (χ0n) is 10.7. The van der Waals surface area contributed by atoms with Crippen LogP contribution < -0.4 is 0 Å². The van der Waals surface area contributed by atoms with Gasteiger partial charge in [-0.25, -0.2) is 8.78 Å². The van der Waals surface area contributed by atoms with E-state index in [2.05, 4.69) is 24.0 Å². The average Bonchev–Trinajstić information content (AvgIpc) is 2.76. The van der Waals surface area contributed by atoms with Gasteiger partial charge >= 0.3 is 0 Å². The fourth-order valence-corrected chi connectivity index (χ4v) is 2.22. The van der Waals surface area contributed by atoms with Gasteiger partial charge in [0.25, 0.3) is 0 Å². The number of hydrogen-bond acceptors (Lipinski definition) is 0. The fraction of sp³-hybridized carbons (Fsp3) is 0.125. The summed E-state index contributed by atoms with van der Waals surface area (Å²) in [6.07, 6.45) is 0. The molecule has 1 heterocycles. The smallest absolute Gasteiger partial charge is 0.159 e. The minimum absolute atomic E-state index is 0.644. The predicted molar refractivity (Wildman–Crippen MR) is 73.1 cm³/mol. The van der Waals surface area contributed by atoms with E-state index in [1.54, 1.807) is 6.07 Å². The van der Waals surface area contributed by atoms with Crippen LogP contribution in [0.4, 0.5) is 8.78 Å². The summed E-state index contributed by atoms with van der Waals surface area (Å²) in [4.78, 5) is 3.24. The van der Waals surface area contributed by atoms with Crippen LogP contribution in [-0.4, -0.2) is 4.98 Å². The molecule has 0 spiro atoms. The molecule has 1 N–H and O–H groups in total. The number of rotatable bonds is 1. The zero-order chi connectivity index (χ0) is 13.6. The third kappa shape index (κ3) is 2.01. The maximum absolute atomic E-state index is 13.3. The third-order valence-corrected chi connectivity index (χ3v) is 3.47. The molecule has 3 heteroatoms. The van der Waals surface area contributed by atoms with Crippen molar-refractivity contribution in [2.75, 3.05) is 0 Å². The molecule has 1 nitrogen and oxygen atoms in total. The lowest BCUT2D eigenvalue weighted by Crippen LogP contribution is -1.85. The van der Waals surface area contributed by atoms with Gasteiger partial charge in [0.2, 0.25) is 0 Å². The fourth-order valence-electron chi connectivity index (χ4n) is 2.22. The maximum atomic E-state index is 13.3. The summed E-state index contributed by atoms with van der Waals surface area (Å²) in [5.74, 6) is -1.66. The van der Waals surface area contributed by atoms with Crippen LogP contribution in [0.25, 0.3) is 22.2 Å². The first-order valence-corrected chi connectivity index (χ1v) is 6.10. The number of nitrogens with one attached hydrogen (secondary N) is 1. The molecule has 2 aromatic carbocycles. The van der Waals surface area contributed by atoms with Crippen molar-refractivity contribution in [2.45, 2.75) is 13.8 Å². The largest absolute Gasteiger partial charge is 0.355 e. The first-order chi connectivity index (χ1) is 9.04. The van der Waals surface area contributed by atoms with E-state index in [1.165, 1.54) is 17.2 Å². The monoisotopic (exact) mass is 257 g/mol. The lowest BCUT2D eigenvalue weighted by molar-refractivity contribution is 0.509. The highest BCUT2D eigenvalue weighted by Gasteiger charge is 2.08. The lowest BCUT2D eigenvalue weighted by Gasteiger charge is -1.99. The molecule has 0 atom stereocenters. The van der Waals surface area contributed by atoms with Crippen LogP contribution in [0.3, 0.4) is 0 Å². The number of aromatic amines is 1. The van der Waals surface area contributed by atoms with E-state index >= 15 is 0 Å². The van der Waals surface area contributed by atoms with Crippen molar-refractivity contribution in [3.63, 3.8) is 0 Å². The van der Waals surface area contributed by atoms with Gasteiger partial charge in [0.05, 0.1) is 0 Å². The quantitative estimate of drug-likeness (QED) is 0.648. The Kier molecular flexibility index (Phi) is 2.63. The first kappa shape index (κ1) is 11.9. The topological polar surface area (TPSA) is 15.8 Å². The molecule has 96 valence electrons. The van der Waals surface area contributed by atoms with Crippen molar-refractivity contribution < 1.29 is 8.78 Å². The van der Waals surface area contributed by atoms with Gasteiger partial charge in [0.1, 0.15) is 0 Å². The van der Waals surface area contributed by atoms with Crippen LogP contribution in [-0.2, 0) is 0 Å². The molecular formula is C16H13F2N. The normalized spacial score (nSPS) is 11.2. The number of H-pyrrole nitrogens is 1. The molecule has 3 aromatic rings. The lowest BCUT2D eigenvalue weighted by atomic mass is 10.1. The summed E-state index contributed by atoms with van der Waals surface area (Å²) in [7, 11) is 0. The summed E-state index contributed by atoms with van der Waals surface area (Å²) in [5.41, 5.74) is 4.85. The van der Waals surface area contributed by atoms with Crippen LogP contribution in [0.15, 0.2) is 36.4 Å². The molecule has 0 saturated heterocycles. The average molecular weight is 257 g/mol. The number of hydrogen-bond donors (Lipinski definition) is 1. The molecule has 0 bridgehead atoms. The van der Waals surface area contributed by atoms with E-state index in [-0.39, 0.29) is 0 Å². The standard InChI is InChI=1S/C16H13F2N/c1-9-5-12-8-16(19-15(12)6-10(9)2)11-3-4-13(17)14(18)7-11/h3-8,19H,1-2H3. The molecular weight excluding hydrogens is 244 g/mol. The highest BCUT2D eigenvalue weighted by molar-refractivity contribution is 5.87. The predicted octanol–water partition coefficient (Wildman–Crippen LogP) is 4.73. The van der Waals surface area contributed by atoms with Crippen molar-refractivity contribution in [1.82, 2.24) is 4.98 Å². The van der Waals surface area contributed by atoms with E-state index in [0.717, 1.165) is 22.7 Å². The summed E-state index contributed by atoms with van der Waals surface area (Å²) in [5, 5.41) is 1.07. The van der Waals surface area contributed by atoms with Crippen LogP contribution in [0.2, 0.25) is 0 Å². The van der Waals surface area contributed by atoms with E-state index in [4.69, 9.17) is 0 Å². The van der Waals surface area contributed by atoms with E-state index in [0.29, 0.717) is 5.56 Å². The number of aryl methyl sites for hydroxylation is 2. The summed E-state index contributed by atoms with van der Waals surface area (Å²) in [6, 6.07) is 10.0. The molecule has 0 aliphatic rings. The molecule has 0 unspecified atom stereocenters. The Morgan fingerprint density at radius 3 is 2.32 bits per heavy atom. The highest BCUT2D eigenvalue weighted by Crippen LogP contribution is 2.27. The van der Waals surface area contributed by atoms with Gasteiger partial charge in [-0.2, -0.15) is 0 Å². The van der Waals surface area contributed by atoms with Gasteiger partial charge < -0.3 is 4.98 Å². The number of aromatic nitrogens is 1. The van der Waals surface area contributed by atoms with Gasteiger partial charge in [-0.05, 0) is 61.4 Å². The molecule has 0 aliphatic carbocycles. The minimum Gasteiger partial charge on any atom is -0.355 e. The summed E-state index contributed by atoms with van der Waals surface area (Å²) >= 11 is 0. The molecule has 0 fully saturated rings. The molecule has 3 rings (SSSR count). The summed E-state index contributed by atoms with van der Waals surface area (Å²) < 4.78 is 26.2. The number of halogens is 2. The number of benzene rings is 2. The van der Waals surface area contributed by atoms with Crippen LogP contribution >= 0.6 is 0 Å². The van der Waals surface area contributed by atoms with Crippen LogP contribution in [0, 0.1) is 25.5 Å². The van der Waals surface area contributed by atoms with E-state index < -0.39 is 11.6 Å². The first-order valence-electron chi connectivity index (χ1n) is 6.10. The molecule has 0 aliphatic heterocycles. The van der Waals surface area contributed by atoms with Crippen molar-refractivity contribution in [3.05, 3.63) is 59.2 Å². The second-order valence-corrected chi connectivity index (χ2v) is 4.84. The zero-order valence-corrected chi connectivity index (χ0v) is 10.7. The Morgan fingerprint density at radius 2 is 1.58 bits per heavy atom. The Labute approximate surface area is 109 Å². The minimum atomic E-state index is -0.830. The van der Waals surface area contributed by atoms with Crippen molar-refractivity contribution in [1.29, 1.82) is 0 Å². The Hall–Kier alpha value is -2.16. The van der Waals surface area contributed by atoms with Crippen molar-refractivity contribution in [2.24, 2.45) is 0 Å². The van der Waals surface area contributed by atoms with Crippen LogP contribution in [0.1, 0.15) is 11.1 Å². The van der Waals surface area contributed by atoms with Gasteiger partial charge in [0, 0.05) is 22.2 Å². The van der Waals surface area contributed by atoms with Crippen molar-refractivity contribution >= 4 is 10.9 Å². The second kappa shape index (κ2) is 4.19. The third-order valence-electron chi connectivity index (χ3n) is 3.47. The number of fused-ring (bicyclic) bond motifs is 1. The maximum Gasteiger partial charge on any atom is 0.159 e. The molecule has 0 saturated carbocycles. The van der Waals surface area contributed by atoms with Crippen molar-refractivity contribution in [3.8, 4) is 11.3 Å². The van der Waals surface area contributed by atoms with E-state index in [1.807, 2.05) is 13.0 Å². The van der Waals surface area contributed by atoms with E-state index in [9.17, 15) is 8.78 Å². The molecule has 0 amide bonds. The van der Waals surface area contributed by atoms with Gasteiger partial charge in [0.15, 0.2) is 11.6 Å². The Balaban J connectivity index is 2.17. The van der Waals surface area contributed by atoms with Gasteiger partial charge in [-0.1, -0.05) is 0 Å². The molecule has 0 radical (unpaired) electrons. The Bertz CT molecular complexity index is 733. The molecule has 1 aromatic heterocycles.